The number of rotatable bonds is 5. The van der Waals surface area contributed by atoms with E-state index in [1.807, 2.05) is 0 Å². The van der Waals surface area contributed by atoms with Crippen molar-refractivity contribution in [3.8, 4) is 0 Å². The maximum Gasteiger partial charge on any atom is 0.108 e. The Morgan fingerprint density at radius 1 is 1.07 bits per heavy atom. The van der Waals surface area contributed by atoms with Gasteiger partial charge in [0.1, 0.15) is 12.2 Å². The molecule has 14 heavy (non-hydrogen) atoms. The molecule has 1 rings (SSSR count). The molecule has 1 saturated heterocycles. The third-order valence-corrected chi connectivity index (χ3v) is 5.18. The van der Waals surface area contributed by atoms with Crippen LogP contribution in [-0.4, -0.2) is 61.4 Å². The van der Waals surface area contributed by atoms with Gasteiger partial charge in [0.2, 0.25) is 0 Å². The van der Waals surface area contributed by atoms with Gasteiger partial charge >= 0.3 is 0 Å². The molecule has 0 bridgehead atoms. The zero-order valence-corrected chi connectivity index (χ0v) is 9.38. The van der Waals surface area contributed by atoms with E-state index in [0.29, 0.717) is 11.0 Å². The first-order valence-electron chi connectivity index (χ1n) is 4.53. The molecular weight excluding hydrogens is 224 g/mol. The molecule has 0 aliphatic carbocycles. The molecule has 4 nitrogen and oxygen atoms in total. The highest BCUT2D eigenvalue weighted by Gasteiger charge is 2.28. The summed E-state index contributed by atoms with van der Waals surface area (Å²) >= 11 is 3.51. The first-order chi connectivity index (χ1) is 6.65. The Balaban J connectivity index is 2.28. The van der Waals surface area contributed by atoms with Gasteiger partial charge in [-0.2, -0.15) is 0 Å². The summed E-state index contributed by atoms with van der Waals surface area (Å²) in [6, 6.07) is 0. The van der Waals surface area contributed by atoms with Crippen LogP contribution in [0.3, 0.4) is 0 Å². The van der Waals surface area contributed by atoms with Crippen molar-refractivity contribution in [3.05, 3.63) is 0 Å². The van der Waals surface area contributed by atoms with Crippen molar-refractivity contribution in [3.63, 3.8) is 0 Å². The lowest BCUT2D eigenvalue weighted by Gasteiger charge is -2.23. The summed E-state index contributed by atoms with van der Waals surface area (Å²) in [5.41, 5.74) is 0. The van der Waals surface area contributed by atoms with Gasteiger partial charge in [-0.3, -0.25) is 0 Å². The van der Waals surface area contributed by atoms with Gasteiger partial charge in [-0.05, 0) is 6.42 Å². The fourth-order valence-electron chi connectivity index (χ4n) is 1.24. The average Bonchev–Trinajstić information content (AvgIpc) is 2.68. The largest absolute Gasteiger partial charge is 0.394 e. The predicted octanol–water partition coefficient (Wildman–Crippen LogP) is -0.742. The average molecular weight is 240 g/mol. The number of hydrogen-bond acceptors (Lipinski definition) is 6. The second-order valence-corrected chi connectivity index (χ2v) is 6.13. The molecule has 0 spiro atoms. The van der Waals surface area contributed by atoms with Crippen molar-refractivity contribution >= 4 is 23.5 Å². The second kappa shape index (κ2) is 6.19. The van der Waals surface area contributed by atoms with E-state index in [1.54, 1.807) is 23.5 Å². The number of aliphatic hydroxyl groups is 4. The molecule has 0 amide bonds. The summed E-state index contributed by atoms with van der Waals surface area (Å²) in [4.78, 5) is 0. The van der Waals surface area contributed by atoms with Gasteiger partial charge in [0.05, 0.1) is 17.3 Å². The van der Waals surface area contributed by atoms with Gasteiger partial charge in [-0.1, -0.05) is 0 Å². The summed E-state index contributed by atoms with van der Waals surface area (Å²) < 4.78 is 0.297. The lowest BCUT2D eigenvalue weighted by molar-refractivity contribution is -0.0769. The number of thioether (sulfide) groups is 2. The molecule has 0 aromatic heterocycles. The van der Waals surface area contributed by atoms with Gasteiger partial charge in [0.15, 0.2) is 0 Å². The SMILES string of the molecule is OC[C@@H](O)[C@@H](O)[C@H](O)CC1SCCS1. The van der Waals surface area contributed by atoms with Crippen molar-refractivity contribution in [1.29, 1.82) is 0 Å². The van der Waals surface area contributed by atoms with Crippen LogP contribution in [-0.2, 0) is 0 Å². The summed E-state index contributed by atoms with van der Waals surface area (Å²) in [5.74, 6) is 2.14. The molecule has 0 unspecified atom stereocenters. The molecule has 6 heteroatoms. The molecule has 4 N–H and O–H groups in total. The van der Waals surface area contributed by atoms with Gasteiger partial charge in [0.25, 0.3) is 0 Å². The van der Waals surface area contributed by atoms with Gasteiger partial charge in [-0.25, -0.2) is 0 Å². The lowest BCUT2D eigenvalue weighted by atomic mass is 10.1. The molecule has 0 radical (unpaired) electrons. The fourth-order valence-corrected chi connectivity index (χ4v) is 4.17. The van der Waals surface area contributed by atoms with E-state index in [-0.39, 0.29) is 0 Å². The molecule has 0 aromatic rings. The zero-order chi connectivity index (χ0) is 10.6. The summed E-state index contributed by atoms with van der Waals surface area (Å²) in [6.07, 6.45) is -3.00. The van der Waals surface area contributed by atoms with Crippen LogP contribution in [0.4, 0.5) is 0 Å². The summed E-state index contributed by atoms with van der Waals surface area (Å²) in [7, 11) is 0. The number of aliphatic hydroxyl groups excluding tert-OH is 4. The third-order valence-electron chi connectivity index (χ3n) is 2.10. The molecule has 84 valence electrons. The Kier molecular flexibility index (Phi) is 5.58. The van der Waals surface area contributed by atoms with E-state index in [1.165, 1.54) is 0 Å². The standard InChI is InChI=1S/C8H16O4S2/c9-4-6(11)8(12)5(10)3-7-13-1-2-14-7/h5-12H,1-4H2/t5-,6-,8+/m1/s1. The van der Waals surface area contributed by atoms with Crippen LogP contribution in [0.2, 0.25) is 0 Å². The normalized spacial score (nSPS) is 24.9. The van der Waals surface area contributed by atoms with Crippen LogP contribution in [0.1, 0.15) is 6.42 Å². The third kappa shape index (κ3) is 3.60. The second-order valence-electron chi connectivity index (χ2n) is 3.21. The highest BCUT2D eigenvalue weighted by molar-refractivity contribution is 8.20. The minimum atomic E-state index is -1.25. The minimum absolute atomic E-state index is 0.297. The fraction of sp³-hybridized carbons (Fsp3) is 1.00. The summed E-state index contributed by atoms with van der Waals surface area (Å²) in [6.45, 7) is -0.525. The topological polar surface area (TPSA) is 80.9 Å². The molecule has 1 heterocycles. The van der Waals surface area contributed by atoms with Crippen LogP contribution in [0.5, 0.6) is 0 Å². The van der Waals surface area contributed by atoms with E-state index >= 15 is 0 Å². The molecule has 1 aliphatic rings. The molecule has 0 saturated carbocycles. The van der Waals surface area contributed by atoms with Crippen molar-refractivity contribution in [1.82, 2.24) is 0 Å². The predicted molar refractivity (Wildman–Crippen MR) is 58.4 cm³/mol. The first kappa shape index (κ1) is 12.6. The van der Waals surface area contributed by atoms with E-state index < -0.39 is 24.9 Å². The lowest BCUT2D eigenvalue weighted by Crippen LogP contribution is -2.40. The monoisotopic (exact) mass is 240 g/mol. The van der Waals surface area contributed by atoms with Crippen LogP contribution >= 0.6 is 23.5 Å². The van der Waals surface area contributed by atoms with Crippen LogP contribution in [0.25, 0.3) is 0 Å². The Morgan fingerprint density at radius 2 is 1.64 bits per heavy atom. The minimum Gasteiger partial charge on any atom is -0.394 e. The van der Waals surface area contributed by atoms with E-state index in [0.717, 1.165) is 11.5 Å². The van der Waals surface area contributed by atoms with Crippen LogP contribution in [0, 0.1) is 0 Å². The molecular formula is C8H16O4S2. The molecule has 0 aromatic carbocycles. The van der Waals surface area contributed by atoms with Gasteiger partial charge < -0.3 is 20.4 Å². The molecule has 3 atom stereocenters. The quantitative estimate of drug-likeness (QED) is 0.507. The molecule has 1 aliphatic heterocycles. The molecule has 1 fully saturated rings. The van der Waals surface area contributed by atoms with Crippen molar-refractivity contribution in [2.75, 3.05) is 18.1 Å². The van der Waals surface area contributed by atoms with Crippen molar-refractivity contribution in [2.24, 2.45) is 0 Å². The van der Waals surface area contributed by atoms with Gasteiger partial charge in [-0.15, -0.1) is 23.5 Å². The van der Waals surface area contributed by atoms with Crippen molar-refractivity contribution in [2.45, 2.75) is 29.3 Å². The Labute approximate surface area is 91.7 Å². The number of hydrogen-bond donors (Lipinski definition) is 4. The maximum atomic E-state index is 9.53. The summed E-state index contributed by atoms with van der Waals surface area (Å²) in [5, 5.41) is 36.6. The van der Waals surface area contributed by atoms with Crippen LogP contribution in [0.15, 0.2) is 0 Å². The Bertz CT molecular complexity index is 163. The first-order valence-corrected chi connectivity index (χ1v) is 6.63. The maximum absolute atomic E-state index is 9.53. The highest BCUT2D eigenvalue weighted by atomic mass is 32.2. The van der Waals surface area contributed by atoms with Crippen LogP contribution < -0.4 is 0 Å². The zero-order valence-electron chi connectivity index (χ0n) is 7.74. The Hall–Kier alpha value is 0.540. The Morgan fingerprint density at radius 3 is 2.14 bits per heavy atom. The van der Waals surface area contributed by atoms with Crippen molar-refractivity contribution < 1.29 is 20.4 Å². The van der Waals surface area contributed by atoms with E-state index in [9.17, 15) is 10.2 Å². The smallest absolute Gasteiger partial charge is 0.108 e. The van der Waals surface area contributed by atoms with Gasteiger partial charge in [0, 0.05) is 11.5 Å². The highest BCUT2D eigenvalue weighted by Crippen LogP contribution is 2.35. The van der Waals surface area contributed by atoms with E-state index in [2.05, 4.69) is 0 Å². The van der Waals surface area contributed by atoms with E-state index in [4.69, 9.17) is 10.2 Å².